The van der Waals surface area contributed by atoms with Crippen molar-refractivity contribution in [3.05, 3.63) is 51.2 Å². The number of rotatable bonds is 5. The quantitative estimate of drug-likeness (QED) is 0.274. The molecule has 6 nitrogen and oxygen atoms in total. The molecule has 1 saturated heterocycles. The number of anilines is 1. The lowest BCUT2D eigenvalue weighted by Crippen LogP contribution is -2.43. The second-order valence-corrected chi connectivity index (χ2v) is 15.8. The van der Waals surface area contributed by atoms with Crippen LogP contribution in [0.4, 0.5) is 5.00 Å². The summed E-state index contributed by atoms with van der Waals surface area (Å²) < 4.78 is 29.5. The molecule has 4 aromatic rings. The summed E-state index contributed by atoms with van der Waals surface area (Å²) in [5.41, 5.74) is 3.32. The van der Waals surface area contributed by atoms with Gasteiger partial charge in [0, 0.05) is 23.5 Å². The molecule has 6 rings (SSSR count). The fourth-order valence-corrected chi connectivity index (χ4v) is 10.9. The first-order valence-corrected chi connectivity index (χ1v) is 16.6. The van der Waals surface area contributed by atoms with Gasteiger partial charge in [0.05, 0.1) is 20.5 Å². The summed E-state index contributed by atoms with van der Waals surface area (Å²) in [6, 6.07) is 11.2. The lowest BCUT2D eigenvalue weighted by molar-refractivity contribution is -0.120. The SMILES string of the molecule is CC1CCc2c(sc(NC(=O)C3CCCN(S(=O)(=O)c4ccc(Cl)s4)C3)c2-c2nc3ccccc3s2)C1. The van der Waals surface area contributed by atoms with Crippen molar-refractivity contribution in [2.75, 3.05) is 18.4 Å². The predicted molar refractivity (Wildman–Crippen MR) is 154 cm³/mol. The minimum atomic E-state index is -3.67. The zero-order valence-corrected chi connectivity index (χ0v) is 24.2. The van der Waals surface area contributed by atoms with Crippen LogP contribution in [0, 0.1) is 11.8 Å². The fraction of sp³-hybridized carbons (Fsp3) is 0.385. The first-order chi connectivity index (χ1) is 17.8. The molecule has 0 bridgehead atoms. The number of thiophene rings is 2. The number of sulfonamides is 1. The Kier molecular flexibility index (Phi) is 6.92. The van der Waals surface area contributed by atoms with E-state index in [0.29, 0.717) is 29.6 Å². The van der Waals surface area contributed by atoms with E-state index in [0.717, 1.165) is 56.4 Å². The van der Waals surface area contributed by atoms with Crippen molar-refractivity contribution in [2.24, 2.45) is 11.8 Å². The third-order valence-electron chi connectivity index (χ3n) is 7.15. The molecule has 194 valence electrons. The van der Waals surface area contributed by atoms with Gasteiger partial charge in [-0.1, -0.05) is 30.7 Å². The Bertz CT molecular complexity index is 1560. The summed E-state index contributed by atoms with van der Waals surface area (Å²) in [4.78, 5) is 19.8. The molecule has 0 radical (unpaired) electrons. The highest BCUT2D eigenvalue weighted by atomic mass is 35.5. The van der Waals surface area contributed by atoms with Crippen LogP contribution in [-0.2, 0) is 27.7 Å². The molecule has 0 saturated carbocycles. The summed E-state index contributed by atoms with van der Waals surface area (Å²) in [6.45, 7) is 2.85. The van der Waals surface area contributed by atoms with Crippen LogP contribution >= 0.6 is 45.6 Å². The van der Waals surface area contributed by atoms with Gasteiger partial charge < -0.3 is 5.32 Å². The van der Waals surface area contributed by atoms with Crippen LogP contribution in [0.1, 0.15) is 36.6 Å². The molecule has 1 fully saturated rings. The van der Waals surface area contributed by atoms with Crippen LogP contribution < -0.4 is 5.32 Å². The Morgan fingerprint density at radius 3 is 2.76 bits per heavy atom. The summed E-state index contributed by atoms with van der Waals surface area (Å²) in [5.74, 6) is 0.0686. The van der Waals surface area contributed by atoms with Crippen LogP contribution in [0.5, 0.6) is 0 Å². The standard InChI is InChI=1S/C26H26ClN3O3S4/c1-15-8-9-17-20(13-15)35-26(23(17)25-28-18-6-2-3-7-19(18)34-25)29-24(31)16-5-4-12-30(14-16)37(32,33)22-11-10-21(27)36-22/h2-3,6-7,10-11,15-16H,4-5,8-9,12-14H2,1H3,(H,29,31). The minimum absolute atomic E-state index is 0.127. The Morgan fingerprint density at radius 1 is 1.14 bits per heavy atom. The first kappa shape index (κ1) is 25.5. The van der Waals surface area contributed by atoms with E-state index < -0.39 is 15.9 Å². The maximum Gasteiger partial charge on any atom is 0.252 e. The van der Waals surface area contributed by atoms with Gasteiger partial charge in [-0.3, -0.25) is 4.79 Å². The normalized spacial score (nSPS) is 20.7. The number of nitrogens with one attached hydrogen (secondary N) is 1. The molecule has 1 aromatic carbocycles. The van der Waals surface area contributed by atoms with Gasteiger partial charge in [-0.2, -0.15) is 4.31 Å². The molecule has 1 aliphatic carbocycles. The Balaban J connectivity index is 1.29. The zero-order valence-electron chi connectivity index (χ0n) is 20.2. The molecule has 1 N–H and O–H groups in total. The average molecular weight is 592 g/mol. The van der Waals surface area contributed by atoms with Crippen molar-refractivity contribution in [3.8, 4) is 10.6 Å². The molecular formula is C26H26ClN3O3S4. The third-order valence-corrected chi connectivity index (χ3v) is 12.9. The average Bonchev–Trinajstić information content (AvgIpc) is 3.60. The predicted octanol–water partition coefficient (Wildman–Crippen LogP) is 6.90. The van der Waals surface area contributed by atoms with Gasteiger partial charge in [-0.05, 0) is 67.9 Å². The van der Waals surface area contributed by atoms with E-state index >= 15 is 0 Å². The van der Waals surface area contributed by atoms with Crippen LogP contribution in [-0.4, -0.2) is 36.7 Å². The van der Waals surface area contributed by atoms with Crippen LogP contribution in [0.3, 0.4) is 0 Å². The molecule has 2 unspecified atom stereocenters. The molecule has 3 aromatic heterocycles. The minimum Gasteiger partial charge on any atom is -0.317 e. The molecule has 4 heterocycles. The number of hydrogen-bond acceptors (Lipinski definition) is 7. The molecule has 2 aliphatic rings. The van der Waals surface area contributed by atoms with Crippen molar-refractivity contribution < 1.29 is 13.2 Å². The molecular weight excluding hydrogens is 566 g/mol. The van der Waals surface area contributed by atoms with E-state index in [1.807, 2.05) is 18.2 Å². The number of para-hydroxylation sites is 1. The van der Waals surface area contributed by atoms with Gasteiger partial charge in [-0.25, -0.2) is 13.4 Å². The number of amides is 1. The Hall–Kier alpha value is -1.82. The molecule has 1 aliphatic heterocycles. The number of halogens is 1. The zero-order chi connectivity index (χ0) is 25.7. The van der Waals surface area contributed by atoms with Gasteiger partial charge in [0.25, 0.3) is 10.0 Å². The monoisotopic (exact) mass is 591 g/mol. The van der Waals surface area contributed by atoms with Gasteiger partial charge in [-0.15, -0.1) is 34.0 Å². The maximum atomic E-state index is 13.6. The maximum absolute atomic E-state index is 13.6. The number of nitrogens with zero attached hydrogens (tertiary/aromatic N) is 2. The summed E-state index contributed by atoms with van der Waals surface area (Å²) in [6.07, 6.45) is 4.40. The van der Waals surface area contributed by atoms with Crippen LogP contribution in [0.15, 0.2) is 40.6 Å². The van der Waals surface area contributed by atoms with E-state index in [1.165, 1.54) is 20.8 Å². The number of aromatic nitrogens is 1. The number of carbonyl (C=O) groups excluding carboxylic acids is 1. The Labute approximate surface area is 233 Å². The second-order valence-electron chi connectivity index (χ2n) is 9.79. The summed E-state index contributed by atoms with van der Waals surface area (Å²) in [5, 5.41) is 4.99. The molecule has 11 heteroatoms. The number of thiazole rings is 1. The van der Waals surface area contributed by atoms with Gasteiger partial charge in [0.1, 0.15) is 14.2 Å². The smallest absolute Gasteiger partial charge is 0.252 e. The molecule has 2 atom stereocenters. The van der Waals surface area contributed by atoms with Gasteiger partial charge in [0.15, 0.2) is 0 Å². The van der Waals surface area contributed by atoms with E-state index in [4.69, 9.17) is 16.6 Å². The van der Waals surface area contributed by atoms with E-state index in [1.54, 1.807) is 28.7 Å². The number of hydrogen-bond donors (Lipinski definition) is 1. The number of fused-ring (bicyclic) bond motifs is 2. The number of benzene rings is 1. The summed E-state index contributed by atoms with van der Waals surface area (Å²) in [7, 11) is -3.67. The third kappa shape index (κ3) is 4.88. The number of piperidine rings is 1. The van der Waals surface area contributed by atoms with Crippen molar-refractivity contribution in [1.82, 2.24) is 9.29 Å². The number of carbonyl (C=O) groups is 1. The lowest BCUT2D eigenvalue weighted by Gasteiger charge is -2.30. The van der Waals surface area contributed by atoms with Gasteiger partial charge >= 0.3 is 0 Å². The molecule has 1 amide bonds. The highest BCUT2D eigenvalue weighted by Crippen LogP contribution is 2.47. The fourth-order valence-electron chi connectivity index (χ4n) is 5.20. The second kappa shape index (κ2) is 10.1. The Morgan fingerprint density at radius 2 is 1.97 bits per heavy atom. The molecule has 37 heavy (non-hydrogen) atoms. The first-order valence-electron chi connectivity index (χ1n) is 12.4. The van der Waals surface area contributed by atoms with Crippen LogP contribution in [0.25, 0.3) is 20.8 Å². The summed E-state index contributed by atoms with van der Waals surface area (Å²) >= 11 is 10.3. The highest BCUT2D eigenvalue weighted by molar-refractivity contribution is 7.91. The van der Waals surface area contributed by atoms with Gasteiger partial charge in [0.2, 0.25) is 5.91 Å². The van der Waals surface area contributed by atoms with E-state index in [9.17, 15) is 13.2 Å². The highest BCUT2D eigenvalue weighted by Gasteiger charge is 2.35. The lowest BCUT2D eigenvalue weighted by atomic mass is 9.88. The van der Waals surface area contributed by atoms with E-state index in [2.05, 4.69) is 18.3 Å². The largest absolute Gasteiger partial charge is 0.317 e. The molecule has 0 spiro atoms. The topological polar surface area (TPSA) is 79.4 Å². The van der Waals surface area contributed by atoms with Crippen molar-refractivity contribution >= 4 is 76.8 Å². The van der Waals surface area contributed by atoms with Crippen molar-refractivity contribution in [1.29, 1.82) is 0 Å². The van der Waals surface area contributed by atoms with E-state index in [-0.39, 0.29) is 16.7 Å². The van der Waals surface area contributed by atoms with Crippen LogP contribution in [0.2, 0.25) is 4.34 Å². The van der Waals surface area contributed by atoms with Crippen molar-refractivity contribution in [2.45, 2.75) is 43.2 Å². The van der Waals surface area contributed by atoms with Crippen molar-refractivity contribution in [3.63, 3.8) is 0 Å².